The summed E-state index contributed by atoms with van der Waals surface area (Å²) in [7, 11) is 5.52. The third-order valence-electron chi connectivity index (χ3n) is 18.2. The van der Waals surface area contributed by atoms with Crippen molar-refractivity contribution >= 4 is 197 Å². The van der Waals surface area contributed by atoms with Crippen molar-refractivity contribution in [1.29, 1.82) is 0 Å². The first kappa shape index (κ1) is 85.6. The van der Waals surface area contributed by atoms with Gasteiger partial charge in [0.15, 0.2) is 30.7 Å². The Bertz CT molecular complexity index is 4480. The molecule has 6 aliphatic heterocycles. The van der Waals surface area contributed by atoms with Gasteiger partial charge in [-0.1, -0.05) is 176 Å². The maximum atomic E-state index is 12.4. The predicted molar refractivity (Wildman–Crippen MR) is 462 cm³/mol. The van der Waals surface area contributed by atoms with Crippen LogP contribution in [0.5, 0.6) is 0 Å². The Morgan fingerprint density at radius 1 is 0.467 bits per heavy atom. The fourth-order valence-corrected chi connectivity index (χ4v) is 14.5. The highest BCUT2D eigenvalue weighted by Crippen LogP contribution is 2.37. The third kappa shape index (κ3) is 20.2. The van der Waals surface area contributed by atoms with Crippen molar-refractivity contribution in [2.24, 2.45) is 0 Å². The van der Waals surface area contributed by atoms with E-state index in [0.29, 0.717) is 91.8 Å². The van der Waals surface area contributed by atoms with Crippen molar-refractivity contribution in [3.05, 3.63) is 189 Å². The number of anilines is 6. The van der Waals surface area contributed by atoms with Gasteiger partial charge in [0.25, 0.3) is 35.4 Å². The number of halogens is 2. The summed E-state index contributed by atoms with van der Waals surface area (Å²) in [5, 5.41) is 4.49. The zero-order valence-corrected chi connectivity index (χ0v) is 69.9. The Hall–Kier alpha value is -8.64. The first-order valence-corrected chi connectivity index (χ1v) is 38.3. The Morgan fingerprint density at radius 3 is 1.30 bits per heavy atom. The van der Waals surface area contributed by atoms with Gasteiger partial charge in [-0.25, -0.2) is 0 Å². The molecule has 0 aliphatic carbocycles. The number of thiocarbonyl (C=S) groups is 6. The number of amides is 6. The highest BCUT2D eigenvalue weighted by molar-refractivity contribution is 7.81. The summed E-state index contributed by atoms with van der Waals surface area (Å²) in [6, 6.07) is 40.9. The van der Waals surface area contributed by atoms with Crippen LogP contribution in [-0.4, -0.2) is 176 Å². The monoisotopic (exact) mass is 1590 g/mol. The molecule has 0 unspecified atom stereocenters. The van der Waals surface area contributed by atoms with Crippen molar-refractivity contribution in [3.8, 4) is 12.3 Å². The van der Waals surface area contributed by atoms with Crippen molar-refractivity contribution in [2.75, 3.05) is 109 Å². The van der Waals surface area contributed by atoms with Crippen LogP contribution in [0.1, 0.15) is 120 Å². The summed E-state index contributed by atoms with van der Waals surface area (Å²) in [5.74, 6) is 3.32. The number of carbonyl (C=O) groups excluding carboxylic acids is 6. The zero-order valence-electron chi connectivity index (χ0n) is 63.4. The van der Waals surface area contributed by atoms with Gasteiger partial charge in [0, 0.05) is 44.3 Å². The van der Waals surface area contributed by atoms with Crippen LogP contribution >= 0.6 is 96.5 Å². The van der Waals surface area contributed by atoms with E-state index in [-0.39, 0.29) is 53.9 Å². The fraction of sp³-hybridized carbons (Fsp3) is 0.358. The second kappa shape index (κ2) is 37.9. The van der Waals surface area contributed by atoms with Crippen LogP contribution < -0.4 is 29.4 Å². The van der Waals surface area contributed by atoms with Crippen molar-refractivity contribution < 1.29 is 28.8 Å². The van der Waals surface area contributed by atoms with E-state index in [1.807, 2.05) is 125 Å². The molecule has 107 heavy (non-hydrogen) atoms. The smallest absolute Gasteiger partial charge is 0.252 e. The number of rotatable bonds is 14. The summed E-state index contributed by atoms with van der Waals surface area (Å²) >= 11 is 43.9. The van der Waals surface area contributed by atoms with E-state index in [2.05, 4.69) is 105 Å². The highest BCUT2D eigenvalue weighted by Gasteiger charge is 2.39. The average molecular weight is 1600 g/mol. The van der Waals surface area contributed by atoms with E-state index in [4.69, 9.17) is 103 Å². The molecule has 12 rings (SSSR count). The Morgan fingerprint density at radius 2 is 0.860 bits per heavy atom. The van der Waals surface area contributed by atoms with Crippen LogP contribution in [0.2, 0.25) is 10.0 Å². The molecule has 0 saturated carbocycles. The minimum absolute atomic E-state index is 0.0333. The van der Waals surface area contributed by atoms with Gasteiger partial charge in [0.05, 0.1) is 66.8 Å². The Balaban J connectivity index is 0.000000179. The van der Waals surface area contributed by atoms with Gasteiger partial charge in [0.2, 0.25) is 0 Å². The molecule has 0 spiro atoms. The summed E-state index contributed by atoms with van der Waals surface area (Å²) in [6.07, 6.45) is 8.77. The number of carbonyl (C=O) groups is 6. The van der Waals surface area contributed by atoms with Crippen molar-refractivity contribution in [3.63, 3.8) is 0 Å². The lowest BCUT2D eigenvalue weighted by atomic mass is 9.87. The topological polar surface area (TPSA) is 141 Å². The van der Waals surface area contributed by atoms with Crippen LogP contribution in [0, 0.1) is 26.2 Å². The third-order valence-corrected chi connectivity index (χ3v) is 21.4. The normalized spacial score (nSPS) is 15.9. The van der Waals surface area contributed by atoms with Gasteiger partial charge in [-0.3, -0.25) is 58.2 Å². The molecule has 26 heteroatoms. The first-order chi connectivity index (χ1) is 50.6. The van der Waals surface area contributed by atoms with Gasteiger partial charge in [-0.15, -0.1) is 13.0 Å². The van der Waals surface area contributed by atoms with Gasteiger partial charge in [-0.2, -0.15) is 0 Å². The van der Waals surface area contributed by atoms with Crippen LogP contribution in [0.15, 0.2) is 140 Å². The maximum absolute atomic E-state index is 12.4. The standard InChI is InChI=1S/C16H22N2OS.C14H18N2OS.C13H13ClN2OS.C13H11ClN2OS.C13H16N2OS.C12H14N2OS/c1-5-12-8-7-9-13(11(3)4)15(12)18-14(19)10-17(6-2)16(18)20;1-14(2,3)10-5-7-11(8-6-10)16-12(17)9-15(4)13(16)18;2*1-3-6-15-8-12(17)16(13(15)18)11-7-10(14)5-4-9(11)2;1-9(2)10-6-4-5-7-11(10)15-12(16)8-14(3)13(15)17;1-3-9-6-4-5-7-10(9)14-11(15)8-13(2)12(14)16/h7-9,11H,5-6,10H2,1-4H3;5-8H,9H2,1-4H3;3-5,7H,1,6,8H2,2H3;1,4-5,7H,6,8H2,2H3;4-7,9H,8H2,1-3H3;4-7H,3,8H2,1-2H3. The summed E-state index contributed by atoms with van der Waals surface area (Å²) in [4.78, 5) is 92.7. The SMILES string of the molecule is C#CCN1CC(=O)N(c2cc(Cl)ccc2C)C1=S.C=CCN1CC(=O)N(c2cc(Cl)ccc2C)C1=S.CC(C)c1ccccc1N1C(=O)CN(C)C1=S.CCc1cccc(C(C)C)c1N1C(=O)CN(CC)C1=S.CCc1ccccc1N1C(=O)CN(C)C1=S.CN1CC(=O)N(c2ccc(C(C)(C)C)cc2)C1=S. The van der Waals surface area contributed by atoms with Gasteiger partial charge in [-0.05, 0) is 212 Å². The molecule has 564 valence electrons. The molecule has 6 aromatic rings. The molecular formula is C81H94Cl2N12O6S6. The molecule has 6 aromatic carbocycles. The molecule has 0 atom stereocenters. The molecule has 6 aliphatic rings. The molecular weight excluding hydrogens is 1500 g/mol. The molecule has 0 N–H and O–H groups in total. The highest BCUT2D eigenvalue weighted by atomic mass is 35.5. The Labute approximate surface area is 673 Å². The van der Waals surface area contributed by atoms with Gasteiger partial charge < -0.3 is 29.4 Å². The second-order valence-electron chi connectivity index (χ2n) is 27.6. The van der Waals surface area contributed by atoms with Crippen LogP contribution in [-0.2, 0) is 47.0 Å². The molecule has 0 aromatic heterocycles. The molecule has 0 radical (unpaired) electrons. The number of aryl methyl sites for hydroxylation is 4. The molecule has 6 saturated heterocycles. The average Bonchev–Trinajstić information content (AvgIpc) is 1.69. The minimum Gasteiger partial charge on any atom is -0.342 e. The van der Waals surface area contributed by atoms with Gasteiger partial charge >= 0.3 is 0 Å². The molecule has 6 heterocycles. The lowest BCUT2D eigenvalue weighted by Crippen LogP contribution is -2.34. The van der Waals surface area contributed by atoms with E-state index >= 15 is 0 Å². The number of hydrogen-bond acceptors (Lipinski definition) is 12. The lowest BCUT2D eigenvalue weighted by Gasteiger charge is -2.25. The van der Waals surface area contributed by atoms with E-state index in [0.717, 1.165) is 75.8 Å². The maximum Gasteiger partial charge on any atom is 0.252 e. The molecule has 18 nitrogen and oxygen atoms in total. The predicted octanol–water partition coefficient (Wildman–Crippen LogP) is 15.0. The van der Waals surface area contributed by atoms with E-state index in [1.165, 1.54) is 21.6 Å². The number of terminal acetylenes is 1. The molecule has 6 fully saturated rings. The van der Waals surface area contributed by atoms with E-state index < -0.39 is 0 Å². The fourth-order valence-electron chi connectivity index (χ4n) is 12.3. The first-order valence-electron chi connectivity index (χ1n) is 35.1. The van der Waals surface area contributed by atoms with Crippen LogP contribution in [0.4, 0.5) is 34.1 Å². The van der Waals surface area contributed by atoms with Crippen LogP contribution in [0.3, 0.4) is 0 Å². The summed E-state index contributed by atoms with van der Waals surface area (Å²) in [5.41, 5.74) is 13.1. The number of hydrogen-bond donors (Lipinski definition) is 0. The lowest BCUT2D eigenvalue weighted by molar-refractivity contribution is -0.117. The van der Waals surface area contributed by atoms with Crippen molar-refractivity contribution in [2.45, 2.75) is 113 Å². The number of benzene rings is 6. The number of para-hydroxylation sites is 3. The van der Waals surface area contributed by atoms with E-state index in [1.54, 1.807) is 74.4 Å². The van der Waals surface area contributed by atoms with Gasteiger partial charge in [0.1, 0.15) is 13.1 Å². The molecule has 6 amide bonds. The summed E-state index contributed by atoms with van der Waals surface area (Å²) < 4.78 is 0. The number of likely N-dealkylation sites (N-methyl/N-ethyl adjacent to an activating group) is 4. The van der Waals surface area contributed by atoms with E-state index in [9.17, 15) is 28.8 Å². The summed E-state index contributed by atoms with van der Waals surface area (Å²) in [6.45, 7) is 32.4. The zero-order chi connectivity index (χ0) is 79.2. The number of nitrogens with zero attached hydrogens (tertiary/aromatic N) is 12. The minimum atomic E-state index is -0.0828. The quantitative estimate of drug-likeness (QED) is 0.0579. The largest absolute Gasteiger partial charge is 0.342 e. The second-order valence-corrected chi connectivity index (χ2v) is 30.7. The molecule has 0 bridgehead atoms. The Kier molecular flexibility index (Phi) is 30.4. The van der Waals surface area contributed by atoms with Crippen molar-refractivity contribution in [1.82, 2.24) is 29.4 Å². The van der Waals surface area contributed by atoms with Crippen LogP contribution in [0.25, 0.3) is 0 Å².